The molecule has 0 bridgehead atoms. The Labute approximate surface area is 366 Å². The summed E-state index contributed by atoms with van der Waals surface area (Å²) in [5.74, 6) is -3.94. The van der Waals surface area contributed by atoms with Gasteiger partial charge in [-0.05, 0) is 66.5 Å². The first-order valence-electron chi connectivity index (χ1n) is 19.5. The van der Waals surface area contributed by atoms with Gasteiger partial charge in [0.2, 0.25) is 0 Å². The number of halogens is 2. The summed E-state index contributed by atoms with van der Waals surface area (Å²) >= 11 is 5.92. The Balaban J connectivity index is 0.000000427. The molecule has 2 heterocycles. The smallest absolute Gasteiger partial charge is 0.337 e. The molecule has 61 heavy (non-hydrogen) atoms. The quantitative estimate of drug-likeness (QED) is 0.0539. The van der Waals surface area contributed by atoms with Crippen LogP contribution in [-0.4, -0.2) is 83.0 Å². The van der Waals surface area contributed by atoms with Crippen molar-refractivity contribution >= 4 is 48.1 Å². The van der Waals surface area contributed by atoms with E-state index in [4.69, 9.17) is 25.8 Å². The Hall–Kier alpha value is -5.38. The third-order valence-corrected chi connectivity index (χ3v) is 15.7. The molecule has 0 aliphatic carbocycles. The second kappa shape index (κ2) is 23.6. The summed E-state index contributed by atoms with van der Waals surface area (Å²) in [6.45, 7) is 15.2. The molecule has 2 aromatic rings. The first-order chi connectivity index (χ1) is 28.5. The van der Waals surface area contributed by atoms with Crippen molar-refractivity contribution < 1.29 is 55.8 Å². The molecule has 0 radical (unpaired) electrons. The van der Waals surface area contributed by atoms with Crippen LogP contribution < -0.4 is 23.0 Å². The Morgan fingerprint density at radius 3 is 1.44 bits per heavy atom. The molecule has 2 aliphatic heterocycles. The number of hydrogen-bond acceptors (Lipinski definition) is 14. The van der Waals surface area contributed by atoms with Crippen LogP contribution in [0.4, 0.5) is 11.4 Å². The number of benzene rings is 2. The van der Waals surface area contributed by atoms with Crippen molar-refractivity contribution in [1.29, 1.82) is 0 Å². The average molecular weight is 909 g/mol. The van der Waals surface area contributed by atoms with Gasteiger partial charge in [-0.15, -0.1) is 11.6 Å². The van der Waals surface area contributed by atoms with E-state index in [9.17, 15) is 44.7 Å². The number of carbonyl (C=O) groups is 3. The molecule has 2 atom stereocenters. The second-order valence-corrected chi connectivity index (χ2v) is 18.8. The number of non-ortho nitro benzene ring substituents is 2. The Morgan fingerprint density at radius 1 is 0.639 bits per heavy atom. The number of nitrogens with zero attached hydrogens (tertiary/aromatic N) is 3. The first kappa shape index (κ1) is 51.8. The first-order valence-corrected chi connectivity index (χ1v) is 22.5. The molecule has 0 spiro atoms. The van der Waals surface area contributed by atoms with Gasteiger partial charge in [0, 0.05) is 42.9 Å². The van der Waals surface area contributed by atoms with Crippen LogP contribution in [0.5, 0.6) is 0 Å². The van der Waals surface area contributed by atoms with Crippen molar-refractivity contribution in [2.75, 3.05) is 50.3 Å². The van der Waals surface area contributed by atoms with Crippen molar-refractivity contribution in [2.24, 2.45) is 0 Å². The molecular weight excluding hydrogens is 856 g/mol. The molecule has 0 aromatic heterocycles. The maximum absolute atomic E-state index is 13.4. The SMILES string of the molecule is CCOC(=O)C1=C(C)NC(C[P+](CC)(CC)CC)=C(C(=O)OCC)C1c1cccc([N+](=O)[O-])c1.CCOC(=O)C1=C(CCl)NC(C)=C([N+](=O)[O-])C1c1cccc([N+](=O)[O-])c1.[Cl-]. The van der Waals surface area contributed by atoms with Gasteiger partial charge < -0.3 is 37.3 Å². The largest absolute Gasteiger partial charge is 1.00 e. The monoisotopic (exact) mass is 907 g/mol. The normalized spacial score (nSPS) is 16.3. The molecule has 2 aliphatic rings. The van der Waals surface area contributed by atoms with Crippen LogP contribution in [0.3, 0.4) is 0 Å². The number of rotatable bonds is 17. The Kier molecular flexibility index (Phi) is 20.0. The summed E-state index contributed by atoms with van der Waals surface area (Å²) in [6.07, 6.45) is 3.77. The van der Waals surface area contributed by atoms with Crippen LogP contribution in [0.25, 0.3) is 0 Å². The van der Waals surface area contributed by atoms with E-state index in [1.165, 1.54) is 43.3 Å². The van der Waals surface area contributed by atoms with Gasteiger partial charge in [-0.3, -0.25) is 30.3 Å². The van der Waals surface area contributed by atoms with Crippen LogP contribution in [-0.2, 0) is 28.6 Å². The highest BCUT2D eigenvalue weighted by Gasteiger charge is 2.44. The zero-order valence-corrected chi connectivity index (χ0v) is 37.8. The molecule has 2 unspecified atom stereocenters. The summed E-state index contributed by atoms with van der Waals surface area (Å²) in [5, 5.41) is 40.3. The van der Waals surface area contributed by atoms with E-state index in [1.807, 2.05) is 0 Å². The molecule has 0 saturated carbocycles. The number of nitro benzene ring substituents is 2. The van der Waals surface area contributed by atoms with Gasteiger partial charge >= 0.3 is 17.9 Å². The number of nitrogens with one attached hydrogen (secondary N) is 2. The van der Waals surface area contributed by atoms with Gasteiger partial charge in [0.15, 0.2) is 0 Å². The Bertz CT molecular complexity index is 2130. The minimum absolute atomic E-state index is 0. The molecule has 17 nitrogen and oxygen atoms in total. The maximum atomic E-state index is 13.4. The molecule has 2 N–H and O–H groups in total. The van der Waals surface area contributed by atoms with E-state index in [-0.39, 0.29) is 83.3 Å². The summed E-state index contributed by atoms with van der Waals surface area (Å²) < 4.78 is 15.8. The van der Waals surface area contributed by atoms with Gasteiger partial charge in [0.1, 0.15) is 5.92 Å². The lowest BCUT2D eigenvalue weighted by Gasteiger charge is -2.34. The lowest BCUT2D eigenvalue weighted by molar-refractivity contribution is -0.431. The fraction of sp³-hybridized carbons (Fsp3) is 0.439. The predicted molar refractivity (Wildman–Crippen MR) is 228 cm³/mol. The van der Waals surface area contributed by atoms with Gasteiger partial charge in [-0.1, -0.05) is 24.3 Å². The number of alkyl halides is 1. The molecule has 2 aromatic carbocycles. The van der Waals surface area contributed by atoms with E-state index in [1.54, 1.807) is 39.8 Å². The van der Waals surface area contributed by atoms with Gasteiger partial charge in [0.05, 0.1) is 99.1 Å². The molecule has 4 rings (SSSR count). The van der Waals surface area contributed by atoms with Crippen LogP contribution >= 0.6 is 18.9 Å². The zero-order valence-electron chi connectivity index (χ0n) is 35.4. The minimum atomic E-state index is -1.40. The highest BCUT2D eigenvalue weighted by molar-refractivity contribution is 7.76. The topological polar surface area (TPSA) is 232 Å². The number of dihydropyridines is 2. The van der Waals surface area contributed by atoms with Crippen molar-refractivity contribution in [3.05, 3.63) is 135 Å². The van der Waals surface area contributed by atoms with Gasteiger partial charge in [0.25, 0.3) is 17.1 Å². The average Bonchev–Trinajstić information content (AvgIpc) is 3.22. The van der Waals surface area contributed by atoms with E-state index in [0.29, 0.717) is 23.0 Å². The fourth-order valence-corrected chi connectivity index (χ4v) is 10.4. The van der Waals surface area contributed by atoms with E-state index >= 15 is 0 Å². The van der Waals surface area contributed by atoms with E-state index in [2.05, 4.69) is 31.4 Å². The Morgan fingerprint density at radius 2 is 1.05 bits per heavy atom. The van der Waals surface area contributed by atoms with Crippen LogP contribution in [0.2, 0.25) is 0 Å². The van der Waals surface area contributed by atoms with Gasteiger partial charge in [-0.25, -0.2) is 14.4 Å². The lowest BCUT2D eigenvalue weighted by Crippen LogP contribution is -3.00. The summed E-state index contributed by atoms with van der Waals surface area (Å²) in [6, 6.07) is 11.5. The summed E-state index contributed by atoms with van der Waals surface area (Å²) in [7, 11) is -1.40. The molecule has 0 amide bonds. The number of carbonyl (C=O) groups excluding carboxylic acids is 3. The molecule has 20 heteroatoms. The number of nitro groups is 3. The van der Waals surface area contributed by atoms with Crippen molar-refractivity contribution in [3.8, 4) is 0 Å². The number of allylic oxidation sites excluding steroid dienone is 5. The number of esters is 3. The van der Waals surface area contributed by atoms with Gasteiger partial charge in [-0.2, -0.15) is 0 Å². The minimum Gasteiger partial charge on any atom is -1.00 e. The highest BCUT2D eigenvalue weighted by atomic mass is 35.5. The van der Waals surface area contributed by atoms with E-state index in [0.717, 1.165) is 24.2 Å². The van der Waals surface area contributed by atoms with Crippen LogP contribution in [0.1, 0.15) is 78.4 Å². The highest BCUT2D eigenvalue weighted by Crippen LogP contribution is 2.60. The lowest BCUT2D eigenvalue weighted by atomic mass is 9.80. The predicted octanol–water partition coefficient (Wildman–Crippen LogP) is 4.86. The third-order valence-electron chi connectivity index (χ3n) is 10.4. The van der Waals surface area contributed by atoms with Crippen LogP contribution in [0, 0.1) is 30.3 Å². The second-order valence-electron chi connectivity index (χ2n) is 13.7. The number of ether oxygens (including phenoxy) is 3. The number of hydrogen-bond donors (Lipinski definition) is 2. The van der Waals surface area contributed by atoms with Crippen molar-refractivity contribution in [2.45, 2.75) is 67.2 Å². The summed E-state index contributed by atoms with van der Waals surface area (Å²) in [4.78, 5) is 71.5. The molecular formula is C41H52Cl2N5O12P. The fourth-order valence-electron chi connectivity index (χ4n) is 7.27. The standard InChI is InChI=1S/C25H35N2O6P.C16H16ClN3O6.ClH/c1-7-32-24(28)21-17(6)26-20(16-34(9-3,10-4)11-5)23(25(29)33-8-2)22(21)18-13-12-14-19(15-18)27(30)31;1-3-26-16(21)14-12(8-17)18-9(2)15(20(24)25)13(14)10-5-4-6-11(7-10)19(22)23;/h12-15,22H,7-11,16H2,1-6H3;4-7,13,18H,3,8H2,1-2H3;1H. The summed E-state index contributed by atoms with van der Waals surface area (Å²) in [5.41, 5.74) is 2.43. The molecule has 332 valence electrons. The third kappa shape index (κ3) is 12.1. The molecule has 0 saturated heterocycles. The van der Waals surface area contributed by atoms with Crippen molar-refractivity contribution in [3.63, 3.8) is 0 Å². The van der Waals surface area contributed by atoms with Crippen molar-refractivity contribution in [1.82, 2.24) is 10.6 Å². The maximum Gasteiger partial charge on any atom is 0.337 e. The van der Waals surface area contributed by atoms with E-state index < -0.39 is 51.8 Å². The van der Waals surface area contributed by atoms with Crippen LogP contribution in [0.15, 0.2) is 93.7 Å². The molecule has 0 fully saturated rings. The zero-order chi connectivity index (χ0) is 44.9.